The maximum absolute atomic E-state index is 12.6. The fraction of sp³-hybridized carbons (Fsp3) is 0.158. The Balaban J connectivity index is 1.92. The lowest BCUT2D eigenvalue weighted by Gasteiger charge is -2.16. The maximum atomic E-state index is 12.6. The summed E-state index contributed by atoms with van der Waals surface area (Å²) in [5.41, 5.74) is 0.490. The molecule has 3 amide bonds. The van der Waals surface area contributed by atoms with Crippen molar-refractivity contribution >= 4 is 29.2 Å². The molecule has 0 unspecified atom stereocenters. The molecule has 1 aliphatic rings. The molecular weight excluding hydrogens is 368 g/mol. The predicted octanol–water partition coefficient (Wildman–Crippen LogP) is 1.42. The van der Waals surface area contributed by atoms with Crippen molar-refractivity contribution in [1.29, 1.82) is 0 Å². The quantitative estimate of drug-likeness (QED) is 0.591. The van der Waals surface area contributed by atoms with Crippen molar-refractivity contribution in [2.45, 2.75) is 0 Å². The molecule has 0 atom stereocenters. The summed E-state index contributed by atoms with van der Waals surface area (Å²) in [4.78, 5) is 47.8. The van der Waals surface area contributed by atoms with Crippen LogP contribution in [0.1, 0.15) is 31.1 Å². The average Bonchev–Trinajstić information content (AvgIpc) is 2.70. The summed E-state index contributed by atoms with van der Waals surface area (Å²) >= 11 is 0. The molecule has 9 nitrogen and oxygen atoms in total. The van der Waals surface area contributed by atoms with Gasteiger partial charge in [-0.15, -0.1) is 0 Å². The molecule has 2 N–H and O–H groups in total. The van der Waals surface area contributed by atoms with Crippen LogP contribution in [0.5, 0.6) is 17.2 Å². The second kappa shape index (κ2) is 7.39. The molecular formula is C19H16N2O7. The summed E-state index contributed by atoms with van der Waals surface area (Å²) in [5.74, 6) is -2.04. The molecule has 0 saturated carbocycles. The van der Waals surface area contributed by atoms with Crippen LogP contribution in [0.2, 0.25) is 0 Å². The standard InChI is InChI=1S/C19H16N2O7/c1-26-13-6-9(7-14(27-2)16(13)28-3)17(23)20-10-4-5-11-12(8-10)18(24)21-19(25)15(11)22/h4-8H,1-3H3,(H,20,23)(H,21,24,25). The van der Waals surface area contributed by atoms with Crippen LogP contribution >= 0.6 is 0 Å². The molecule has 3 rings (SSSR count). The van der Waals surface area contributed by atoms with Gasteiger partial charge in [0.05, 0.1) is 26.9 Å². The van der Waals surface area contributed by atoms with Crippen molar-refractivity contribution in [1.82, 2.24) is 5.32 Å². The van der Waals surface area contributed by atoms with Gasteiger partial charge in [0, 0.05) is 16.8 Å². The smallest absolute Gasteiger partial charge is 0.299 e. The van der Waals surface area contributed by atoms with E-state index in [1.807, 2.05) is 5.32 Å². The van der Waals surface area contributed by atoms with E-state index in [1.54, 1.807) is 0 Å². The predicted molar refractivity (Wildman–Crippen MR) is 97.3 cm³/mol. The molecule has 0 fully saturated rings. The first kappa shape index (κ1) is 18.9. The van der Waals surface area contributed by atoms with Crippen LogP contribution in [-0.4, -0.2) is 44.8 Å². The number of nitrogens with one attached hydrogen (secondary N) is 2. The van der Waals surface area contributed by atoms with E-state index in [4.69, 9.17) is 14.2 Å². The minimum atomic E-state index is -0.980. The Labute approximate surface area is 159 Å². The van der Waals surface area contributed by atoms with Crippen LogP contribution in [0.3, 0.4) is 0 Å². The van der Waals surface area contributed by atoms with Gasteiger partial charge in [-0.3, -0.25) is 24.5 Å². The van der Waals surface area contributed by atoms with E-state index in [1.165, 1.54) is 51.7 Å². The number of benzene rings is 2. The zero-order valence-electron chi connectivity index (χ0n) is 15.2. The number of amides is 3. The van der Waals surface area contributed by atoms with Gasteiger partial charge in [-0.25, -0.2) is 0 Å². The number of anilines is 1. The Kier molecular flexibility index (Phi) is 4.99. The number of methoxy groups -OCH3 is 3. The molecule has 0 aromatic heterocycles. The third kappa shape index (κ3) is 3.25. The molecule has 0 bridgehead atoms. The van der Waals surface area contributed by atoms with E-state index < -0.39 is 23.5 Å². The summed E-state index contributed by atoms with van der Waals surface area (Å²) in [6, 6.07) is 7.02. The van der Waals surface area contributed by atoms with Gasteiger partial charge in [0.2, 0.25) is 5.75 Å². The minimum absolute atomic E-state index is 0.00675. The van der Waals surface area contributed by atoms with Crippen LogP contribution in [0.25, 0.3) is 0 Å². The SMILES string of the molecule is COc1cc(C(=O)Nc2ccc3c(c2)C(=O)NC(=O)C3=O)cc(OC)c1OC. The van der Waals surface area contributed by atoms with Gasteiger partial charge in [-0.2, -0.15) is 0 Å². The van der Waals surface area contributed by atoms with Crippen molar-refractivity contribution in [3.63, 3.8) is 0 Å². The van der Waals surface area contributed by atoms with E-state index in [0.29, 0.717) is 17.2 Å². The maximum Gasteiger partial charge on any atom is 0.299 e. The lowest BCUT2D eigenvalue weighted by atomic mass is 9.98. The zero-order valence-corrected chi connectivity index (χ0v) is 15.2. The molecule has 0 saturated heterocycles. The molecule has 2 aromatic rings. The number of rotatable bonds is 5. The number of ether oxygens (including phenoxy) is 3. The molecule has 0 aliphatic carbocycles. The van der Waals surface area contributed by atoms with E-state index >= 15 is 0 Å². The average molecular weight is 384 g/mol. The fourth-order valence-corrected chi connectivity index (χ4v) is 2.77. The second-order valence-corrected chi connectivity index (χ2v) is 5.74. The molecule has 28 heavy (non-hydrogen) atoms. The lowest BCUT2D eigenvalue weighted by Crippen LogP contribution is -2.42. The highest BCUT2D eigenvalue weighted by Crippen LogP contribution is 2.38. The second-order valence-electron chi connectivity index (χ2n) is 5.74. The van der Waals surface area contributed by atoms with Crippen molar-refractivity contribution in [3.8, 4) is 17.2 Å². The van der Waals surface area contributed by atoms with Gasteiger partial charge < -0.3 is 19.5 Å². The number of Topliss-reactive ketones (excluding diaryl/α,β-unsaturated/α-hetero) is 1. The van der Waals surface area contributed by atoms with Gasteiger partial charge in [0.15, 0.2) is 11.5 Å². The molecule has 1 heterocycles. The van der Waals surface area contributed by atoms with Gasteiger partial charge in [0.1, 0.15) is 0 Å². The van der Waals surface area contributed by atoms with Crippen LogP contribution in [0, 0.1) is 0 Å². The van der Waals surface area contributed by atoms with Crippen molar-refractivity contribution in [3.05, 3.63) is 47.0 Å². The molecule has 1 aliphatic heterocycles. The number of carbonyl (C=O) groups excluding carboxylic acids is 4. The van der Waals surface area contributed by atoms with Crippen molar-refractivity contribution in [2.24, 2.45) is 0 Å². The van der Waals surface area contributed by atoms with Crippen LogP contribution in [-0.2, 0) is 4.79 Å². The Morgan fingerprint density at radius 1 is 0.857 bits per heavy atom. The fourth-order valence-electron chi connectivity index (χ4n) is 2.77. The van der Waals surface area contributed by atoms with Crippen molar-refractivity contribution in [2.75, 3.05) is 26.6 Å². The van der Waals surface area contributed by atoms with Crippen molar-refractivity contribution < 1.29 is 33.4 Å². The molecule has 9 heteroatoms. The number of carbonyl (C=O) groups is 4. The number of ketones is 1. The van der Waals surface area contributed by atoms with Crippen LogP contribution in [0.15, 0.2) is 30.3 Å². The summed E-state index contributed by atoms with van der Waals surface area (Å²) in [7, 11) is 4.31. The van der Waals surface area contributed by atoms with Gasteiger partial charge in [0.25, 0.3) is 23.5 Å². The first-order valence-electron chi connectivity index (χ1n) is 8.05. The molecule has 0 radical (unpaired) electrons. The Morgan fingerprint density at radius 3 is 2.07 bits per heavy atom. The highest BCUT2D eigenvalue weighted by atomic mass is 16.5. The van der Waals surface area contributed by atoms with Crippen LogP contribution < -0.4 is 24.8 Å². The third-order valence-electron chi connectivity index (χ3n) is 4.13. The topological polar surface area (TPSA) is 120 Å². The number of hydrogen-bond donors (Lipinski definition) is 2. The Morgan fingerprint density at radius 2 is 1.50 bits per heavy atom. The first-order valence-corrected chi connectivity index (χ1v) is 8.05. The molecule has 2 aromatic carbocycles. The van der Waals surface area contributed by atoms with Gasteiger partial charge in [-0.05, 0) is 30.3 Å². The van der Waals surface area contributed by atoms with Gasteiger partial charge in [-0.1, -0.05) is 0 Å². The molecule has 0 spiro atoms. The largest absolute Gasteiger partial charge is 0.493 e. The summed E-state index contributed by atoms with van der Waals surface area (Å²) in [6.45, 7) is 0. The Bertz CT molecular complexity index is 988. The van der Waals surface area contributed by atoms with Crippen LogP contribution in [0.4, 0.5) is 5.69 Å². The summed E-state index contributed by atoms with van der Waals surface area (Å²) in [5, 5.41) is 4.58. The highest BCUT2D eigenvalue weighted by Gasteiger charge is 2.30. The normalized spacial score (nSPS) is 12.8. The minimum Gasteiger partial charge on any atom is -0.493 e. The first-order chi connectivity index (χ1) is 13.4. The lowest BCUT2D eigenvalue weighted by molar-refractivity contribution is -0.116. The molecule has 144 valence electrons. The third-order valence-corrected chi connectivity index (χ3v) is 4.13. The summed E-state index contributed by atoms with van der Waals surface area (Å²) in [6.07, 6.45) is 0. The Hall–Kier alpha value is -3.88. The summed E-state index contributed by atoms with van der Waals surface area (Å²) < 4.78 is 15.7. The highest BCUT2D eigenvalue weighted by molar-refractivity contribution is 6.49. The van der Waals surface area contributed by atoms with E-state index in [-0.39, 0.29) is 22.4 Å². The van der Waals surface area contributed by atoms with E-state index in [9.17, 15) is 19.2 Å². The van der Waals surface area contributed by atoms with E-state index in [2.05, 4.69) is 5.32 Å². The zero-order chi connectivity index (χ0) is 20.4. The number of imide groups is 1. The number of hydrogen-bond acceptors (Lipinski definition) is 7. The van der Waals surface area contributed by atoms with Gasteiger partial charge >= 0.3 is 0 Å². The van der Waals surface area contributed by atoms with E-state index in [0.717, 1.165) is 0 Å². The monoisotopic (exact) mass is 384 g/mol. The number of fused-ring (bicyclic) bond motifs is 1.